The van der Waals surface area contributed by atoms with E-state index < -0.39 is 49.6 Å². The van der Waals surface area contributed by atoms with Gasteiger partial charge in [0, 0.05) is 31.0 Å². The summed E-state index contributed by atoms with van der Waals surface area (Å²) in [4.78, 5) is 39.7. The van der Waals surface area contributed by atoms with Crippen molar-refractivity contribution in [2.24, 2.45) is 10.5 Å². The molecule has 2 aromatic rings. The van der Waals surface area contributed by atoms with Crippen LogP contribution in [0.2, 0.25) is 0 Å². The number of nitrogens with zero attached hydrogens (tertiary/aromatic N) is 2. The molecule has 2 aromatic carbocycles. The summed E-state index contributed by atoms with van der Waals surface area (Å²) in [5, 5.41) is 10.0. The fourth-order valence-electron chi connectivity index (χ4n) is 5.15. The van der Waals surface area contributed by atoms with Crippen molar-refractivity contribution in [2.75, 3.05) is 20.3 Å². The van der Waals surface area contributed by atoms with Crippen LogP contribution in [0.4, 0.5) is 9.59 Å². The second kappa shape index (κ2) is 21.3. The molecule has 3 unspecified atom stereocenters. The largest absolute Gasteiger partial charge is 0.511 e. The number of unbranched alkanes of at least 4 members (excludes halogenated alkanes) is 1. The van der Waals surface area contributed by atoms with Crippen LogP contribution < -0.4 is 5.73 Å². The second-order valence-corrected chi connectivity index (χ2v) is 13.4. The number of likely N-dealkylation sites (N-methyl/N-ethyl adjacent to an activating group) is 1. The maximum atomic E-state index is 15.5. The first kappa shape index (κ1) is 43.0. The number of guanidine groups is 1. The van der Waals surface area contributed by atoms with Gasteiger partial charge in [-0.3, -0.25) is 0 Å². The number of nitrogens with two attached hydrogens (primary N) is 1. The minimum atomic E-state index is -5.16. The molecule has 15 heteroatoms. The summed E-state index contributed by atoms with van der Waals surface area (Å²) in [5.74, 6) is -5.96. The van der Waals surface area contributed by atoms with Gasteiger partial charge in [0.25, 0.3) is 11.6 Å². The Labute approximate surface area is 301 Å². The highest BCUT2D eigenvalue weighted by Gasteiger charge is 2.52. The lowest BCUT2D eigenvalue weighted by atomic mass is 10.0. The monoisotopic (exact) mass is 735 g/mol. The van der Waals surface area contributed by atoms with Crippen LogP contribution in [0.15, 0.2) is 65.4 Å². The van der Waals surface area contributed by atoms with Gasteiger partial charge in [0.15, 0.2) is 0 Å². The predicted molar refractivity (Wildman–Crippen MR) is 192 cm³/mol. The van der Waals surface area contributed by atoms with E-state index in [9.17, 15) is 19.5 Å². The molecule has 0 aliphatic rings. The Morgan fingerprint density at radius 1 is 0.765 bits per heavy atom. The number of carbonyl (C=O) groups excluding carboxylic acids is 2. The van der Waals surface area contributed by atoms with Gasteiger partial charge in [-0.2, -0.15) is 0 Å². The van der Waals surface area contributed by atoms with Crippen LogP contribution in [0.5, 0.6) is 0 Å². The molecule has 3 atom stereocenters. The quantitative estimate of drug-likeness (QED) is 0.0386. The first-order valence-corrected chi connectivity index (χ1v) is 19.0. The molecule has 0 aliphatic carbocycles. The normalized spacial score (nSPS) is 15.7. The zero-order valence-corrected chi connectivity index (χ0v) is 31.5. The van der Waals surface area contributed by atoms with E-state index in [1.807, 2.05) is 20.8 Å². The molecule has 0 bridgehead atoms. The van der Waals surface area contributed by atoms with E-state index in [1.165, 1.54) is 7.05 Å². The summed E-state index contributed by atoms with van der Waals surface area (Å²) >= 11 is 0. The Morgan fingerprint density at radius 3 is 1.55 bits per heavy atom. The lowest BCUT2D eigenvalue weighted by Gasteiger charge is -2.38. The zero-order chi connectivity index (χ0) is 37.9. The summed E-state index contributed by atoms with van der Waals surface area (Å²) in [6.07, 6.45) is 0.821. The summed E-state index contributed by atoms with van der Waals surface area (Å²) in [5.41, 5.74) is 6.96. The molecular formula is C36H54N3O11P. The van der Waals surface area contributed by atoms with Crippen molar-refractivity contribution >= 4 is 32.0 Å². The Hall–Kier alpha value is -4.13. The van der Waals surface area contributed by atoms with Gasteiger partial charge in [-0.25, -0.2) is 28.0 Å². The standard InChI is InChI=1S/C36H54N3O11P/c1-7-12-23-30(31(40)41)39(6)32(37)38-51(44,49-35(24-8-2,28-19-15-13-16-20-28)47-33(42)45-26-10-4)50-36(25-9-3,29-21-17-14-18-22-29)48-34(43)46-27-11-5/h13-22,30H,7-12,23-27H2,1-6H3,(H,40,41)(H2,37,38,44). The maximum Gasteiger partial charge on any atom is 0.511 e. The highest BCUT2D eigenvalue weighted by Crippen LogP contribution is 2.61. The number of hydrogen-bond donors (Lipinski definition) is 2. The number of carbonyl (C=O) groups is 3. The van der Waals surface area contributed by atoms with Crippen LogP contribution in [0, 0.1) is 0 Å². The number of benzene rings is 2. The summed E-state index contributed by atoms with van der Waals surface area (Å²) in [7, 11) is -3.77. The molecule has 0 aromatic heterocycles. The molecule has 0 saturated carbocycles. The smallest absolute Gasteiger partial charge is 0.480 e. The van der Waals surface area contributed by atoms with Gasteiger partial charge >= 0.3 is 26.0 Å². The highest BCUT2D eigenvalue weighted by atomic mass is 31.2. The first-order valence-electron chi connectivity index (χ1n) is 17.5. The van der Waals surface area contributed by atoms with E-state index in [4.69, 9.17) is 33.7 Å². The molecule has 3 N–H and O–H groups in total. The fourth-order valence-corrected chi connectivity index (χ4v) is 6.88. The van der Waals surface area contributed by atoms with Crippen LogP contribution in [0.25, 0.3) is 0 Å². The number of aliphatic carboxylic acids is 1. The van der Waals surface area contributed by atoms with Crippen molar-refractivity contribution in [3.8, 4) is 0 Å². The fraction of sp³-hybridized carbons (Fsp3) is 0.556. The molecule has 0 spiro atoms. The predicted octanol–water partition coefficient (Wildman–Crippen LogP) is 8.45. The lowest BCUT2D eigenvalue weighted by Crippen LogP contribution is -2.46. The topological polar surface area (TPSA) is 186 Å². The van der Waals surface area contributed by atoms with Gasteiger partial charge in [-0.05, 0) is 32.1 Å². The first-order chi connectivity index (χ1) is 24.3. The Morgan fingerprint density at radius 2 is 1.20 bits per heavy atom. The SMILES string of the molecule is CCCCC(C(=O)O)N(C)C(N)=NP(=O)(OC(CCC)(OC(=O)OCCC)c1ccccc1)OC(CCC)(OC(=O)OCCC)c1ccccc1. The number of carboxylic acids is 1. The van der Waals surface area contributed by atoms with Crippen molar-refractivity contribution in [2.45, 2.75) is 110 Å². The minimum Gasteiger partial charge on any atom is -0.480 e. The van der Waals surface area contributed by atoms with Gasteiger partial charge in [-0.1, -0.05) is 108 Å². The molecule has 0 aliphatic heterocycles. The number of carboxylic acid groups (broad SMARTS) is 1. The molecular weight excluding hydrogens is 681 g/mol. The minimum absolute atomic E-state index is 0.0373. The van der Waals surface area contributed by atoms with Crippen LogP contribution >= 0.6 is 7.75 Å². The van der Waals surface area contributed by atoms with Crippen LogP contribution in [0.1, 0.15) is 104 Å². The third-order valence-electron chi connectivity index (χ3n) is 7.63. The van der Waals surface area contributed by atoms with Crippen LogP contribution in [-0.4, -0.2) is 60.5 Å². The molecule has 0 heterocycles. The summed E-state index contributed by atoms with van der Waals surface area (Å²) in [6.45, 7) is 9.19. The van der Waals surface area contributed by atoms with Crippen molar-refractivity contribution in [1.29, 1.82) is 0 Å². The molecule has 14 nitrogen and oxygen atoms in total. The average molecular weight is 736 g/mol. The van der Waals surface area contributed by atoms with Gasteiger partial charge in [0.2, 0.25) is 5.96 Å². The van der Waals surface area contributed by atoms with E-state index in [0.717, 1.165) is 4.90 Å². The van der Waals surface area contributed by atoms with Gasteiger partial charge < -0.3 is 34.7 Å². The number of rotatable bonds is 22. The molecule has 0 radical (unpaired) electrons. The van der Waals surface area contributed by atoms with Crippen molar-refractivity contribution in [1.82, 2.24) is 4.90 Å². The molecule has 2 rings (SSSR count). The van der Waals surface area contributed by atoms with E-state index in [0.29, 0.717) is 38.5 Å². The van der Waals surface area contributed by atoms with E-state index >= 15 is 4.57 Å². The van der Waals surface area contributed by atoms with Gasteiger partial charge in [0.1, 0.15) is 6.04 Å². The van der Waals surface area contributed by atoms with Crippen molar-refractivity contribution in [3.63, 3.8) is 0 Å². The van der Waals surface area contributed by atoms with Crippen LogP contribution in [0.3, 0.4) is 0 Å². The number of hydrogen-bond acceptors (Lipinski definition) is 10. The van der Waals surface area contributed by atoms with Crippen LogP contribution in [-0.2, 0) is 48.9 Å². The maximum absolute atomic E-state index is 15.5. The van der Waals surface area contributed by atoms with Gasteiger partial charge in [-0.15, -0.1) is 4.76 Å². The molecule has 284 valence electrons. The molecule has 0 fully saturated rings. The Kier molecular flexibility index (Phi) is 18.0. The van der Waals surface area contributed by atoms with Crippen molar-refractivity contribution < 1.29 is 52.1 Å². The Balaban J connectivity index is 2.95. The third kappa shape index (κ3) is 12.9. The lowest BCUT2D eigenvalue weighted by molar-refractivity contribution is -0.205. The van der Waals surface area contributed by atoms with E-state index in [1.54, 1.807) is 74.5 Å². The second-order valence-electron chi connectivity index (χ2n) is 11.9. The summed E-state index contributed by atoms with van der Waals surface area (Å²) in [6, 6.07) is 15.4. The average Bonchev–Trinajstić information content (AvgIpc) is 3.10. The molecule has 0 amide bonds. The Bertz CT molecular complexity index is 1360. The van der Waals surface area contributed by atoms with E-state index in [2.05, 4.69) is 4.76 Å². The summed E-state index contributed by atoms with van der Waals surface area (Å²) < 4.78 is 54.7. The third-order valence-corrected chi connectivity index (χ3v) is 9.13. The molecule has 0 saturated heterocycles. The highest BCUT2D eigenvalue weighted by molar-refractivity contribution is 7.52. The van der Waals surface area contributed by atoms with Crippen molar-refractivity contribution in [3.05, 3.63) is 71.8 Å². The van der Waals surface area contributed by atoms with E-state index in [-0.39, 0.29) is 43.6 Å². The van der Waals surface area contributed by atoms with Gasteiger partial charge in [0.05, 0.1) is 13.2 Å². The number of ether oxygens (including phenoxy) is 4. The molecule has 51 heavy (non-hydrogen) atoms. The zero-order valence-electron chi connectivity index (χ0n) is 30.6.